The highest BCUT2D eigenvalue weighted by Crippen LogP contribution is 2.22. The third-order valence-corrected chi connectivity index (χ3v) is 4.63. The van der Waals surface area contributed by atoms with Gasteiger partial charge in [0.05, 0.1) is 6.61 Å². The van der Waals surface area contributed by atoms with E-state index in [0.29, 0.717) is 0 Å². The van der Waals surface area contributed by atoms with Crippen LogP contribution in [0.2, 0.25) is 0 Å². The van der Waals surface area contributed by atoms with Gasteiger partial charge in [-0.05, 0) is 43.5 Å². The third-order valence-electron chi connectivity index (χ3n) is 3.89. The van der Waals surface area contributed by atoms with Gasteiger partial charge in [-0.1, -0.05) is 35.0 Å². The van der Waals surface area contributed by atoms with Crippen molar-refractivity contribution in [1.29, 1.82) is 0 Å². The van der Waals surface area contributed by atoms with Gasteiger partial charge in [0.25, 0.3) is 0 Å². The molecule has 0 aromatic heterocycles. The van der Waals surface area contributed by atoms with E-state index in [1.165, 1.54) is 28.4 Å². The number of ether oxygens (including phenoxy) is 1. The zero-order valence-corrected chi connectivity index (χ0v) is 14.8. The monoisotopic (exact) mass is 354 g/mol. The van der Waals surface area contributed by atoms with Crippen LogP contribution in [-0.4, -0.2) is 37.2 Å². The summed E-state index contributed by atoms with van der Waals surface area (Å²) in [5, 5.41) is 3.56. The van der Waals surface area contributed by atoms with Crippen molar-refractivity contribution in [3.63, 3.8) is 0 Å². The maximum absolute atomic E-state index is 5.45. The molecule has 118 valence electrons. The quantitative estimate of drug-likeness (QED) is 0.650. The number of nitrogens with zero attached hydrogens (tertiary/aromatic N) is 1. The summed E-state index contributed by atoms with van der Waals surface area (Å²) in [5.74, 6) is 0. The van der Waals surface area contributed by atoms with Crippen LogP contribution in [0.3, 0.4) is 0 Å². The average molecular weight is 355 g/mol. The van der Waals surface area contributed by atoms with Crippen LogP contribution >= 0.6 is 15.9 Å². The number of hydrogen-bond donors (Lipinski definition) is 1. The molecule has 0 spiro atoms. The first kappa shape index (κ1) is 16.9. The summed E-state index contributed by atoms with van der Waals surface area (Å²) in [4.78, 5) is 2.41. The largest absolute Gasteiger partial charge is 0.380 e. The number of halogens is 1. The Bertz CT molecular complexity index is 435. The van der Waals surface area contributed by atoms with Crippen molar-refractivity contribution in [2.45, 2.75) is 45.8 Å². The van der Waals surface area contributed by atoms with Crippen molar-refractivity contribution in [3.8, 4) is 0 Å². The van der Waals surface area contributed by atoms with Gasteiger partial charge >= 0.3 is 0 Å². The summed E-state index contributed by atoms with van der Waals surface area (Å²) < 4.78 is 6.67. The smallest absolute Gasteiger partial charge is 0.0593 e. The summed E-state index contributed by atoms with van der Waals surface area (Å²) in [6, 6.07) is 7.50. The van der Waals surface area contributed by atoms with E-state index in [4.69, 9.17) is 4.74 Å². The highest BCUT2D eigenvalue weighted by atomic mass is 79.9. The fraction of sp³-hybridized carbons (Fsp3) is 0.647. The van der Waals surface area contributed by atoms with Crippen LogP contribution in [0.25, 0.3) is 0 Å². The van der Waals surface area contributed by atoms with Crippen molar-refractivity contribution >= 4 is 15.9 Å². The van der Waals surface area contributed by atoms with Gasteiger partial charge in [0.2, 0.25) is 0 Å². The van der Waals surface area contributed by atoms with E-state index in [1.807, 2.05) is 6.92 Å². The van der Waals surface area contributed by atoms with E-state index in [0.717, 1.165) is 45.4 Å². The molecule has 0 heterocycles. The molecular weight excluding hydrogens is 328 g/mol. The Hall–Kier alpha value is -0.420. The van der Waals surface area contributed by atoms with Crippen LogP contribution in [-0.2, 0) is 17.8 Å². The summed E-state index contributed by atoms with van der Waals surface area (Å²) in [7, 11) is 0. The van der Waals surface area contributed by atoms with Gasteiger partial charge in [-0.2, -0.15) is 0 Å². The lowest BCUT2D eigenvalue weighted by molar-refractivity contribution is 0.113. The zero-order chi connectivity index (χ0) is 15.1. The summed E-state index contributed by atoms with van der Waals surface area (Å²) in [6.07, 6.45) is 2.68. The van der Waals surface area contributed by atoms with Crippen LogP contribution < -0.4 is 5.32 Å². The third kappa shape index (κ3) is 6.07. The first-order valence-corrected chi connectivity index (χ1v) is 8.83. The summed E-state index contributed by atoms with van der Waals surface area (Å²) in [5.41, 5.74) is 2.71. The second-order valence-corrected chi connectivity index (χ2v) is 6.50. The predicted octanol–water partition coefficient (Wildman–Crippen LogP) is 3.56. The molecule has 0 atom stereocenters. The second-order valence-electron chi connectivity index (χ2n) is 5.65. The van der Waals surface area contributed by atoms with Crippen molar-refractivity contribution in [1.82, 2.24) is 10.2 Å². The molecule has 1 aromatic rings. The van der Waals surface area contributed by atoms with Gasteiger partial charge in [-0.3, -0.25) is 4.90 Å². The molecule has 1 N–H and O–H groups in total. The van der Waals surface area contributed by atoms with E-state index < -0.39 is 0 Å². The molecule has 2 rings (SSSR count). The average Bonchev–Trinajstić information content (AvgIpc) is 3.30. The molecule has 0 radical (unpaired) electrons. The molecule has 4 heteroatoms. The van der Waals surface area contributed by atoms with Gasteiger partial charge < -0.3 is 10.1 Å². The van der Waals surface area contributed by atoms with Gasteiger partial charge in [0.1, 0.15) is 0 Å². The lowest BCUT2D eigenvalue weighted by Gasteiger charge is -2.21. The highest BCUT2D eigenvalue weighted by Gasteiger charge is 2.20. The minimum Gasteiger partial charge on any atom is -0.380 e. The summed E-state index contributed by atoms with van der Waals surface area (Å²) in [6.45, 7) is 9.84. The van der Waals surface area contributed by atoms with Crippen LogP contribution in [0.1, 0.15) is 37.8 Å². The fourth-order valence-corrected chi connectivity index (χ4v) is 2.86. The van der Waals surface area contributed by atoms with Crippen molar-refractivity contribution in [2.24, 2.45) is 0 Å². The molecule has 21 heavy (non-hydrogen) atoms. The molecule has 0 aliphatic heterocycles. The Balaban J connectivity index is 1.85. The van der Waals surface area contributed by atoms with Crippen molar-refractivity contribution < 1.29 is 4.74 Å². The van der Waals surface area contributed by atoms with Gasteiger partial charge in [-0.25, -0.2) is 0 Å². The van der Waals surface area contributed by atoms with E-state index in [9.17, 15) is 0 Å². The van der Waals surface area contributed by atoms with Crippen molar-refractivity contribution in [3.05, 3.63) is 33.8 Å². The fourth-order valence-electron chi connectivity index (χ4n) is 2.31. The van der Waals surface area contributed by atoms with E-state index in [-0.39, 0.29) is 0 Å². The minimum absolute atomic E-state index is 0.762. The van der Waals surface area contributed by atoms with E-state index >= 15 is 0 Å². The Morgan fingerprint density at radius 2 is 2.14 bits per heavy atom. The molecule has 0 unspecified atom stereocenters. The first-order chi connectivity index (χ1) is 10.2. The highest BCUT2D eigenvalue weighted by molar-refractivity contribution is 9.10. The molecule has 0 amide bonds. The first-order valence-electron chi connectivity index (χ1n) is 8.03. The Labute approximate surface area is 137 Å². The van der Waals surface area contributed by atoms with E-state index in [1.54, 1.807) is 0 Å². The second kappa shape index (κ2) is 8.89. The topological polar surface area (TPSA) is 24.5 Å². The number of likely N-dealkylation sites (N-methyl/N-ethyl adjacent to an activating group) is 1. The number of nitrogens with one attached hydrogen (secondary N) is 1. The van der Waals surface area contributed by atoms with E-state index in [2.05, 4.69) is 51.3 Å². The maximum atomic E-state index is 5.45. The van der Waals surface area contributed by atoms with Crippen LogP contribution in [0, 0.1) is 0 Å². The maximum Gasteiger partial charge on any atom is 0.0593 e. The Morgan fingerprint density at radius 1 is 1.33 bits per heavy atom. The molecule has 1 saturated carbocycles. The Kier molecular flexibility index (Phi) is 7.17. The number of hydrogen-bond acceptors (Lipinski definition) is 3. The standard InChI is InChI=1S/C17H27BrN2O/c1-3-20(9-10-21-4-2)13-15-6-5-14(11-17(15)18)12-19-16-7-8-16/h5-6,11,16,19H,3-4,7-10,12-13H2,1-2H3. The zero-order valence-electron chi connectivity index (χ0n) is 13.2. The van der Waals surface area contributed by atoms with Gasteiger partial charge in [0.15, 0.2) is 0 Å². The Morgan fingerprint density at radius 3 is 2.76 bits per heavy atom. The molecule has 1 aliphatic rings. The lowest BCUT2D eigenvalue weighted by Crippen LogP contribution is -2.27. The SMILES string of the molecule is CCOCCN(CC)Cc1ccc(CNC2CC2)cc1Br. The molecule has 1 fully saturated rings. The summed E-state index contributed by atoms with van der Waals surface area (Å²) >= 11 is 3.72. The molecule has 0 saturated heterocycles. The van der Waals surface area contributed by atoms with Crippen LogP contribution in [0.15, 0.2) is 22.7 Å². The molecule has 0 bridgehead atoms. The minimum atomic E-state index is 0.762. The van der Waals surface area contributed by atoms with Crippen molar-refractivity contribution in [2.75, 3.05) is 26.3 Å². The molecule has 3 nitrogen and oxygen atoms in total. The number of benzene rings is 1. The molecule has 1 aliphatic carbocycles. The molecular formula is C17H27BrN2O. The lowest BCUT2D eigenvalue weighted by atomic mass is 10.1. The van der Waals surface area contributed by atoms with Gasteiger partial charge in [0, 0.05) is 36.8 Å². The van der Waals surface area contributed by atoms with Crippen LogP contribution in [0.5, 0.6) is 0 Å². The van der Waals surface area contributed by atoms with Gasteiger partial charge in [-0.15, -0.1) is 0 Å². The molecule has 1 aromatic carbocycles. The predicted molar refractivity (Wildman–Crippen MR) is 91.4 cm³/mol. The normalized spacial score (nSPS) is 14.9. The van der Waals surface area contributed by atoms with Crippen LogP contribution in [0.4, 0.5) is 0 Å². The number of rotatable bonds is 10.